The molecule has 20 heavy (non-hydrogen) atoms. The van der Waals surface area contributed by atoms with E-state index in [1.165, 1.54) is 0 Å². The second-order valence-electron chi connectivity index (χ2n) is 4.51. The summed E-state index contributed by atoms with van der Waals surface area (Å²) in [4.78, 5) is 14.8. The van der Waals surface area contributed by atoms with Crippen molar-refractivity contribution in [2.45, 2.75) is 33.9 Å². The Bertz CT molecular complexity index is 636. The summed E-state index contributed by atoms with van der Waals surface area (Å²) >= 11 is 0. The molecular formula is C13H17N5O2. The van der Waals surface area contributed by atoms with Gasteiger partial charge in [0.15, 0.2) is 0 Å². The molecule has 0 amide bonds. The maximum atomic E-state index is 11.2. The second kappa shape index (κ2) is 5.68. The molecule has 2 aromatic heterocycles. The molecular weight excluding hydrogens is 258 g/mol. The minimum atomic E-state index is -0.393. The lowest BCUT2D eigenvalue weighted by molar-refractivity contribution is -0.384. The normalized spacial score (nSPS) is 10.6. The number of nitro groups is 1. The molecule has 0 fully saturated rings. The highest BCUT2D eigenvalue weighted by Gasteiger charge is 2.24. The zero-order valence-electron chi connectivity index (χ0n) is 11.8. The largest absolute Gasteiger partial charge is 0.360 e. The van der Waals surface area contributed by atoms with Crippen LogP contribution >= 0.6 is 0 Å². The Morgan fingerprint density at radius 1 is 1.45 bits per heavy atom. The van der Waals surface area contributed by atoms with Crippen LogP contribution in [0.15, 0.2) is 18.5 Å². The molecule has 0 saturated heterocycles. The van der Waals surface area contributed by atoms with Gasteiger partial charge in [0.25, 0.3) is 0 Å². The molecule has 0 aliphatic carbocycles. The molecule has 0 aromatic carbocycles. The Labute approximate surface area is 116 Å². The van der Waals surface area contributed by atoms with Gasteiger partial charge < -0.3 is 5.32 Å². The number of rotatable bonds is 5. The van der Waals surface area contributed by atoms with E-state index in [1.807, 2.05) is 19.9 Å². The van der Waals surface area contributed by atoms with E-state index >= 15 is 0 Å². The summed E-state index contributed by atoms with van der Waals surface area (Å²) in [7, 11) is 0. The average Bonchev–Trinajstić information content (AvgIpc) is 2.74. The van der Waals surface area contributed by atoms with Crippen molar-refractivity contribution < 1.29 is 4.92 Å². The summed E-state index contributed by atoms with van der Waals surface area (Å²) < 4.78 is 1.62. The molecule has 0 spiro atoms. The predicted molar refractivity (Wildman–Crippen MR) is 75.6 cm³/mol. The van der Waals surface area contributed by atoms with Crippen LogP contribution in [0.3, 0.4) is 0 Å². The maximum absolute atomic E-state index is 11.2. The van der Waals surface area contributed by atoms with Gasteiger partial charge in [-0.1, -0.05) is 0 Å². The third kappa shape index (κ3) is 2.61. The fourth-order valence-corrected chi connectivity index (χ4v) is 2.07. The minimum absolute atomic E-state index is 0.0403. The number of aryl methyl sites for hydroxylation is 3. The quantitative estimate of drug-likeness (QED) is 0.669. The molecule has 2 rings (SSSR count). The Morgan fingerprint density at radius 3 is 2.80 bits per heavy atom. The lowest BCUT2D eigenvalue weighted by Gasteiger charge is -2.09. The van der Waals surface area contributed by atoms with Crippen molar-refractivity contribution in [3.63, 3.8) is 0 Å². The summed E-state index contributed by atoms with van der Waals surface area (Å²) in [5.41, 5.74) is 2.56. The van der Waals surface area contributed by atoms with Gasteiger partial charge in [-0.3, -0.25) is 15.1 Å². The van der Waals surface area contributed by atoms with E-state index < -0.39 is 4.92 Å². The van der Waals surface area contributed by atoms with E-state index in [4.69, 9.17) is 0 Å². The van der Waals surface area contributed by atoms with E-state index in [-0.39, 0.29) is 5.69 Å². The van der Waals surface area contributed by atoms with Gasteiger partial charge in [0.1, 0.15) is 5.69 Å². The molecule has 0 bridgehead atoms. The molecule has 0 atom stereocenters. The van der Waals surface area contributed by atoms with Gasteiger partial charge in [-0.2, -0.15) is 5.10 Å². The summed E-state index contributed by atoms with van der Waals surface area (Å²) in [6.45, 7) is 6.58. The first-order valence-electron chi connectivity index (χ1n) is 6.39. The lowest BCUT2D eigenvalue weighted by atomic mass is 10.1. The molecule has 0 aliphatic heterocycles. The molecule has 1 N–H and O–H groups in total. The molecule has 0 saturated carbocycles. The number of nitrogens with zero attached hydrogens (tertiary/aromatic N) is 4. The van der Waals surface area contributed by atoms with Gasteiger partial charge in [-0.15, -0.1) is 0 Å². The first kappa shape index (κ1) is 14.0. The van der Waals surface area contributed by atoms with E-state index in [2.05, 4.69) is 15.4 Å². The van der Waals surface area contributed by atoms with Crippen molar-refractivity contribution in [3.05, 3.63) is 45.4 Å². The number of anilines is 1. The molecule has 2 aromatic rings. The molecule has 2 heterocycles. The third-order valence-electron chi connectivity index (χ3n) is 3.16. The van der Waals surface area contributed by atoms with Crippen LogP contribution in [0.1, 0.15) is 23.7 Å². The lowest BCUT2D eigenvalue weighted by Crippen LogP contribution is -2.09. The minimum Gasteiger partial charge on any atom is -0.360 e. The smallest absolute Gasteiger partial charge is 0.333 e. The van der Waals surface area contributed by atoms with Crippen LogP contribution in [0.5, 0.6) is 0 Å². The highest BCUT2D eigenvalue weighted by Crippen LogP contribution is 2.28. The number of nitrogens with one attached hydrogen (secondary N) is 1. The Hall–Kier alpha value is -2.44. The SMILES string of the molecule is CCn1nc(C)c([N+](=O)[O-])c1NCc1ccncc1C. The van der Waals surface area contributed by atoms with E-state index in [0.29, 0.717) is 24.6 Å². The van der Waals surface area contributed by atoms with Crippen molar-refractivity contribution in [1.82, 2.24) is 14.8 Å². The highest BCUT2D eigenvalue weighted by atomic mass is 16.6. The van der Waals surface area contributed by atoms with E-state index in [9.17, 15) is 10.1 Å². The van der Waals surface area contributed by atoms with Gasteiger partial charge in [0.2, 0.25) is 5.82 Å². The van der Waals surface area contributed by atoms with Crippen LogP contribution in [0.2, 0.25) is 0 Å². The van der Waals surface area contributed by atoms with Gasteiger partial charge in [0, 0.05) is 25.5 Å². The Kier molecular flexibility index (Phi) is 3.97. The monoisotopic (exact) mass is 275 g/mol. The van der Waals surface area contributed by atoms with Crippen LogP contribution in [-0.4, -0.2) is 19.7 Å². The summed E-state index contributed by atoms with van der Waals surface area (Å²) in [5, 5.41) is 18.5. The van der Waals surface area contributed by atoms with Crippen LogP contribution in [0, 0.1) is 24.0 Å². The summed E-state index contributed by atoms with van der Waals surface area (Å²) in [6.07, 6.45) is 3.48. The molecule has 0 radical (unpaired) electrons. The number of aromatic nitrogens is 3. The zero-order chi connectivity index (χ0) is 14.7. The summed E-state index contributed by atoms with van der Waals surface area (Å²) in [5.74, 6) is 0.450. The number of hydrogen-bond donors (Lipinski definition) is 1. The molecule has 7 nitrogen and oxygen atoms in total. The fraction of sp³-hybridized carbons (Fsp3) is 0.385. The van der Waals surface area contributed by atoms with Gasteiger partial charge in [-0.05, 0) is 38.0 Å². The van der Waals surface area contributed by atoms with Crippen LogP contribution in [0.4, 0.5) is 11.5 Å². The average molecular weight is 275 g/mol. The molecule has 106 valence electrons. The van der Waals surface area contributed by atoms with Gasteiger partial charge >= 0.3 is 5.69 Å². The first-order valence-corrected chi connectivity index (χ1v) is 6.39. The van der Waals surface area contributed by atoms with Crippen LogP contribution < -0.4 is 5.32 Å². The molecule has 0 unspecified atom stereocenters. The first-order chi connectivity index (χ1) is 9.54. The second-order valence-corrected chi connectivity index (χ2v) is 4.51. The Balaban J connectivity index is 2.29. The number of pyridine rings is 1. The van der Waals surface area contributed by atoms with E-state index in [1.54, 1.807) is 24.0 Å². The van der Waals surface area contributed by atoms with E-state index in [0.717, 1.165) is 11.1 Å². The van der Waals surface area contributed by atoms with Crippen LogP contribution in [-0.2, 0) is 13.1 Å². The van der Waals surface area contributed by atoms with Crippen molar-refractivity contribution in [2.75, 3.05) is 5.32 Å². The van der Waals surface area contributed by atoms with Gasteiger partial charge in [0.05, 0.1) is 4.92 Å². The highest BCUT2D eigenvalue weighted by molar-refractivity contribution is 5.59. The van der Waals surface area contributed by atoms with Crippen molar-refractivity contribution in [2.24, 2.45) is 0 Å². The van der Waals surface area contributed by atoms with Crippen LogP contribution in [0.25, 0.3) is 0 Å². The molecule has 0 aliphatic rings. The summed E-state index contributed by atoms with van der Waals surface area (Å²) in [6, 6.07) is 1.90. The zero-order valence-corrected chi connectivity index (χ0v) is 11.8. The van der Waals surface area contributed by atoms with Crippen molar-refractivity contribution >= 4 is 11.5 Å². The fourth-order valence-electron chi connectivity index (χ4n) is 2.07. The third-order valence-corrected chi connectivity index (χ3v) is 3.16. The topological polar surface area (TPSA) is 85.9 Å². The number of hydrogen-bond acceptors (Lipinski definition) is 5. The standard InChI is InChI=1S/C13H17N5O2/c1-4-17-13(12(18(19)20)10(3)16-17)15-8-11-5-6-14-7-9(11)2/h5-7,15H,4,8H2,1-3H3. The molecule has 7 heteroatoms. The van der Waals surface area contributed by atoms with Gasteiger partial charge in [-0.25, -0.2) is 4.68 Å². The maximum Gasteiger partial charge on any atom is 0.333 e. The van der Waals surface area contributed by atoms with Crippen molar-refractivity contribution in [1.29, 1.82) is 0 Å². The van der Waals surface area contributed by atoms with Crippen molar-refractivity contribution in [3.8, 4) is 0 Å². The predicted octanol–water partition coefficient (Wildman–Crippen LogP) is 2.44. The Morgan fingerprint density at radius 2 is 2.20 bits per heavy atom.